The fourth-order valence-corrected chi connectivity index (χ4v) is 3.34. The number of nitrogens with zero attached hydrogens (tertiary/aromatic N) is 3. The Hall–Kier alpha value is -2.32. The van der Waals surface area contributed by atoms with Crippen molar-refractivity contribution in [3.63, 3.8) is 0 Å². The van der Waals surface area contributed by atoms with Gasteiger partial charge in [-0.25, -0.2) is 0 Å². The molecule has 5 heteroatoms. The molecule has 1 saturated heterocycles. The van der Waals surface area contributed by atoms with Crippen molar-refractivity contribution in [2.24, 2.45) is 7.05 Å². The average molecular weight is 310 g/mol. The second-order valence-electron chi connectivity index (χ2n) is 5.48. The number of nitrogens with one attached hydrogen (secondary N) is 1. The van der Waals surface area contributed by atoms with Crippen molar-refractivity contribution in [2.45, 2.75) is 18.9 Å². The Morgan fingerprint density at radius 2 is 2.14 bits per heavy atom. The summed E-state index contributed by atoms with van der Waals surface area (Å²) in [5.74, 6) is 0. The Labute approximate surface area is 136 Å². The van der Waals surface area contributed by atoms with Gasteiger partial charge in [0.15, 0.2) is 5.11 Å². The van der Waals surface area contributed by atoms with Gasteiger partial charge in [0.2, 0.25) is 0 Å². The third kappa shape index (κ3) is 2.70. The number of likely N-dealkylation sites (tertiary alicyclic amines) is 1. The number of nitriles is 1. The Kier molecular flexibility index (Phi) is 4.12. The zero-order valence-electron chi connectivity index (χ0n) is 12.5. The summed E-state index contributed by atoms with van der Waals surface area (Å²) in [6.45, 7) is 0.941. The third-order valence-corrected chi connectivity index (χ3v) is 4.46. The fourth-order valence-electron chi connectivity index (χ4n) is 3.01. The highest BCUT2D eigenvalue weighted by Crippen LogP contribution is 2.32. The van der Waals surface area contributed by atoms with Gasteiger partial charge < -0.3 is 14.8 Å². The lowest BCUT2D eigenvalue weighted by molar-refractivity contribution is 0.391. The summed E-state index contributed by atoms with van der Waals surface area (Å²) in [4.78, 5) is 2.22. The molecule has 1 aromatic heterocycles. The standard InChI is InChI=1S/C17H18N4S/c1-20-10-4-8-15(20)16-9-5-11-21(16)17(22)19-14-7-3-2-6-13(14)12-18/h2-4,6-8,10,16H,5,9,11H2,1H3,(H,19,22)/t16-/m1/s1. The molecule has 0 spiro atoms. The third-order valence-electron chi connectivity index (χ3n) is 4.13. The van der Waals surface area contributed by atoms with E-state index in [-0.39, 0.29) is 0 Å². The maximum atomic E-state index is 9.19. The minimum absolute atomic E-state index is 0.300. The number of thiocarbonyl (C=S) groups is 1. The van der Waals surface area contributed by atoms with Gasteiger partial charge >= 0.3 is 0 Å². The summed E-state index contributed by atoms with van der Waals surface area (Å²) in [7, 11) is 2.06. The Bertz CT molecular complexity index is 728. The van der Waals surface area contributed by atoms with Crippen molar-refractivity contribution in [2.75, 3.05) is 11.9 Å². The van der Waals surface area contributed by atoms with E-state index in [0.29, 0.717) is 16.7 Å². The van der Waals surface area contributed by atoms with Gasteiger partial charge in [0.05, 0.1) is 17.3 Å². The molecule has 2 aromatic rings. The Balaban J connectivity index is 1.80. The normalized spacial score (nSPS) is 17.3. The van der Waals surface area contributed by atoms with Crippen LogP contribution in [0.25, 0.3) is 0 Å². The van der Waals surface area contributed by atoms with Gasteiger partial charge in [0, 0.05) is 25.5 Å². The lowest BCUT2D eigenvalue weighted by atomic mass is 10.1. The molecule has 0 radical (unpaired) electrons. The van der Waals surface area contributed by atoms with Gasteiger partial charge in [-0.1, -0.05) is 12.1 Å². The summed E-state index contributed by atoms with van der Waals surface area (Å²) in [5.41, 5.74) is 2.65. The molecular formula is C17H18N4S. The van der Waals surface area contributed by atoms with Crippen molar-refractivity contribution < 1.29 is 0 Å². The molecule has 0 bridgehead atoms. The Morgan fingerprint density at radius 3 is 2.86 bits per heavy atom. The molecule has 4 nitrogen and oxygen atoms in total. The first-order valence-electron chi connectivity index (χ1n) is 7.38. The van der Waals surface area contributed by atoms with Crippen LogP contribution in [-0.4, -0.2) is 21.1 Å². The number of hydrogen-bond acceptors (Lipinski definition) is 2. The van der Waals surface area contributed by atoms with E-state index in [1.807, 2.05) is 18.2 Å². The molecule has 1 aliphatic heterocycles. The maximum absolute atomic E-state index is 9.19. The quantitative estimate of drug-likeness (QED) is 0.863. The molecule has 22 heavy (non-hydrogen) atoms. The predicted octanol–water partition coefficient (Wildman–Crippen LogP) is 3.43. The van der Waals surface area contributed by atoms with Gasteiger partial charge in [-0.15, -0.1) is 0 Å². The predicted molar refractivity (Wildman–Crippen MR) is 91.5 cm³/mol. The van der Waals surface area contributed by atoms with E-state index in [1.165, 1.54) is 5.69 Å². The van der Waals surface area contributed by atoms with Crippen LogP contribution in [0.2, 0.25) is 0 Å². The van der Waals surface area contributed by atoms with Crippen LogP contribution >= 0.6 is 12.2 Å². The number of rotatable bonds is 2. The van der Waals surface area contributed by atoms with E-state index < -0.39 is 0 Å². The van der Waals surface area contributed by atoms with Crippen molar-refractivity contribution >= 4 is 23.0 Å². The number of aryl methyl sites for hydroxylation is 1. The van der Waals surface area contributed by atoms with Crippen LogP contribution in [0.3, 0.4) is 0 Å². The van der Waals surface area contributed by atoms with Gasteiger partial charge in [-0.05, 0) is 49.3 Å². The molecule has 1 fully saturated rings. The highest BCUT2D eigenvalue weighted by molar-refractivity contribution is 7.80. The number of benzene rings is 1. The summed E-state index contributed by atoms with van der Waals surface area (Å²) < 4.78 is 2.15. The first-order chi connectivity index (χ1) is 10.7. The van der Waals surface area contributed by atoms with E-state index in [4.69, 9.17) is 12.2 Å². The number of aromatic nitrogens is 1. The number of anilines is 1. The van der Waals surface area contributed by atoms with Crippen LogP contribution in [0.15, 0.2) is 42.6 Å². The average Bonchev–Trinajstić information content (AvgIpc) is 3.16. The molecule has 112 valence electrons. The molecule has 0 unspecified atom stereocenters. The van der Waals surface area contributed by atoms with Crippen molar-refractivity contribution in [1.82, 2.24) is 9.47 Å². The zero-order chi connectivity index (χ0) is 15.5. The molecule has 0 amide bonds. The van der Waals surface area contributed by atoms with Gasteiger partial charge in [0.1, 0.15) is 6.07 Å². The van der Waals surface area contributed by atoms with Gasteiger partial charge in [-0.3, -0.25) is 0 Å². The van der Waals surface area contributed by atoms with E-state index in [0.717, 1.165) is 25.1 Å². The lowest BCUT2D eigenvalue weighted by Gasteiger charge is -2.28. The fraction of sp³-hybridized carbons (Fsp3) is 0.294. The van der Waals surface area contributed by atoms with Crippen molar-refractivity contribution in [3.8, 4) is 6.07 Å². The number of hydrogen-bond donors (Lipinski definition) is 1. The SMILES string of the molecule is Cn1cccc1[C@H]1CCCN1C(=S)Nc1ccccc1C#N. The molecule has 1 aromatic carbocycles. The zero-order valence-corrected chi connectivity index (χ0v) is 13.3. The van der Waals surface area contributed by atoms with E-state index in [1.54, 1.807) is 6.07 Å². The molecular weight excluding hydrogens is 292 g/mol. The number of para-hydroxylation sites is 1. The van der Waals surface area contributed by atoms with Gasteiger partial charge in [-0.2, -0.15) is 5.26 Å². The second-order valence-corrected chi connectivity index (χ2v) is 5.87. The first kappa shape index (κ1) is 14.6. The summed E-state index contributed by atoms with van der Waals surface area (Å²) in [5, 5.41) is 13.1. The molecule has 0 saturated carbocycles. The highest BCUT2D eigenvalue weighted by Gasteiger charge is 2.29. The van der Waals surface area contributed by atoms with E-state index in [9.17, 15) is 5.26 Å². The topological polar surface area (TPSA) is 44.0 Å². The van der Waals surface area contributed by atoms with Crippen LogP contribution in [0.1, 0.15) is 30.1 Å². The maximum Gasteiger partial charge on any atom is 0.174 e. The highest BCUT2D eigenvalue weighted by atomic mass is 32.1. The Morgan fingerprint density at radius 1 is 1.32 bits per heavy atom. The van der Waals surface area contributed by atoms with Crippen LogP contribution in [0.4, 0.5) is 5.69 Å². The molecule has 1 aliphatic rings. The lowest BCUT2D eigenvalue weighted by Crippen LogP contribution is -2.35. The smallest absolute Gasteiger partial charge is 0.174 e. The molecule has 0 aliphatic carbocycles. The summed E-state index contributed by atoms with van der Waals surface area (Å²) >= 11 is 5.59. The largest absolute Gasteiger partial charge is 0.353 e. The van der Waals surface area contributed by atoms with E-state index in [2.05, 4.69) is 46.2 Å². The molecule has 1 N–H and O–H groups in total. The van der Waals surface area contributed by atoms with Crippen LogP contribution < -0.4 is 5.32 Å². The molecule has 3 rings (SSSR count). The van der Waals surface area contributed by atoms with Gasteiger partial charge in [0.25, 0.3) is 0 Å². The van der Waals surface area contributed by atoms with Crippen LogP contribution in [0, 0.1) is 11.3 Å². The minimum atomic E-state index is 0.300. The van der Waals surface area contributed by atoms with Crippen LogP contribution in [-0.2, 0) is 7.05 Å². The molecule has 1 atom stereocenters. The van der Waals surface area contributed by atoms with Crippen LogP contribution in [0.5, 0.6) is 0 Å². The summed E-state index contributed by atoms with van der Waals surface area (Å²) in [6.07, 6.45) is 4.28. The first-order valence-corrected chi connectivity index (χ1v) is 7.79. The van der Waals surface area contributed by atoms with E-state index >= 15 is 0 Å². The minimum Gasteiger partial charge on any atom is -0.353 e. The van der Waals surface area contributed by atoms with Crippen molar-refractivity contribution in [1.29, 1.82) is 5.26 Å². The monoisotopic (exact) mass is 310 g/mol. The van der Waals surface area contributed by atoms with Crippen molar-refractivity contribution in [3.05, 3.63) is 53.9 Å². The molecule has 2 heterocycles. The second kappa shape index (κ2) is 6.20. The summed E-state index contributed by atoms with van der Waals surface area (Å²) in [6, 6.07) is 14.2.